The van der Waals surface area contributed by atoms with Gasteiger partial charge in [0.2, 0.25) is 5.91 Å². The number of benzene rings is 3. The van der Waals surface area contributed by atoms with E-state index >= 15 is 0 Å². The molecule has 0 aliphatic carbocycles. The highest BCUT2D eigenvalue weighted by Gasteiger charge is 2.27. The van der Waals surface area contributed by atoms with Crippen LogP contribution in [-0.4, -0.2) is 29.8 Å². The molecule has 0 saturated carbocycles. The van der Waals surface area contributed by atoms with E-state index in [9.17, 15) is 9.59 Å². The standard InChI is InChI=1S/C26H26N2O3/c29-25(27-19-20-8-3-1-4-9-20)21-14-16-28(17-15-21)26(30)22-10-7-13-24(18-22)31-23-11-5-2-6-12-23/h1-13,18,21H,14-17,19H2,(H,27,29). The summed E-state index contributed by atoms with van der Waals surface area (Å²) in [5.74, 6) is 1.35. The fraction of sp³-hybridized carbons (Fsp3) is 0.231. The number of piperidine rings is 1. The highest BCUT2D eigenvalue weighted by Crippen LogP contribution is 2.24. The van der Waals surface area contributed by atoms with Crippen LogP contribution in [0.25, 0.3) is 0 Å². The summed E-state index contributed by atoms with van der Waals surface area (Å²) >= 11 is 0. The van der Waals surface area contributed by atoms with Crippen molar-refractivity contribution in [3.8, 4) is 11.5 Å². The smallest absolute Gasteiger partial charge is 0.253 e. The fourth-order valence-electron chi connectivity index (χ4n) is 3.77. The normalized spacial score (nSPS) is 14.1. The quantitative estimate of drug-likeness (QED) is 0.639. The number of ether oxygens (including phenoxy) is 1. The average molecular weight is 415 g/mol. The van der Waals surface area contributed by atoms with Gasteiger partial charge in [-0.25, -0.2) is 0 Å². The number of nitrogens with one attached hydrogen (secondary N) is 1. The summed E-state index contributed by atoms with van der Waals surface area (Å²) in [6.07, 6.45) is 1.35. The van der Waals surface area contributed by atoms with Crippen molar-refractivity contribution in [2.45, 2.75) is 19.4 Å². The molecule has 1 heterocycles. The van der Waals surface area contributed by atoms with Crippen LogP contribution in [-0.2, 0) is 11.3 Å². The van der Waals surface area contributed by atoms with Crippen LogP contribution in [0.15, 0.2) is 84.9 Å². The van der Waals surface area contributed by atoms with Crippen molar-refractivity contribution in [3.05, 3.63) is 96.1 Å². The van der Waals surface area contributed by atoms with Crippen molar-refractivity contribution >= 4 is 11.8 Å². The van der Waals surface area contributed by atoms with E-state index in [2.05, 4.69) is 5.32 Å². The predicted molar refractivity (Wildman–Crippen MR) is 120 cm³/mol. The van der Waals surface area contributed by atoms with Crippen molar-refractivity contribution in [1.82, 2.24) is 10.2 Å². The number of nitrogens with zero attached hydrogens (tertiary/aromatic N) is 1. The lowest BCUT2D eigenvalue weighted by molar-refractivity contribution is -0.126. The zero-order valence-electron chi connectivity index (χ0n) is 17.4. The highest BCUT2D eigenvalue weighted by atomic mass is 16.5. The second kappa shape index (κ2) is 9.94. The Morgan fingerprint density at radius 2 is 1.48 bits per heavy atom. The molecule has 4 rings (SSSR count). The zero-order chi connectivity index (χ0) is 21.5. The highest BCUT2D eigenvalue weighted by molar-refractivity contribution is 5.94. The van der Waals surface area contributed by atoms with Crippen LogP contribution in [0, 0.1) is 5.92 Å². The molecule has 3 aromatic carbocycles. The van der Waals surface area contributed by atoms with Gasteiger partial charge in [-0.15, -0.1) is 0 Å². The van der Waals surface area contributed by atoms with Crippen LogP contribution in [0.1, 0.15) is 28.8 Å². The van der Waals surface area contributed by atoms with Crippen LogP contribution in [0.4, 0.5) is 0 Å². The largest absolute Gasteiger partial charge is 0.457 e. The van der Waals surface area contributed by atoms with E-state index in [-0.39, 0.29) is 17.7 Å². The second-order valence-corrected chi connectivity index (χ2v) is 7.71. The lowest BCUT2D eigenvalue weighted by Crippen LogP contribution is -2.42. The Morgan fingerprint density at radius 3 is 2.19 bits per heavy atom. The van der Waals surface area contributed by atoms with Gasteiger partial charge >= 0.3 is 0 Å². The van der Waals surface area contributed by atoms with Crippen molar-refractivity contribution in [2.24, 2.45) is 5.92 Å². The average Bonchev–Trinajstić information content (AvgIpc) is 2.83. The molecular weight excluding hydrogens is 388 g/mol. The molecule has 5 heteroatoms. The molecule has 0 spiro atoms. The van der Waals surface area contributed by atoms with E-state index in [1.54, 1.807) is 12.1 Å². The summed E-state index contributed by atoms with van der Waals surface area (Å²) in [5, 5.41) is 3.02. The molecule has 158 valence electrons. The maximum atomic E-state index is 13.0. The SMILES string of the molecule is O=C(NCc1ccccc1)C1CCN(C(=O)c2cccc(Oc3ccccc3)c2)CC1. The van der Waals surface area contributed by atoms with Gasteiger partial charge in [0.25, 0.3) is 5.91 Å². The molecule has 1 saturated heterocycles. The van der Waals surface area contributed by atoms with Gasteiger partial charge < -0.3 is 15.0 Å². The minimum atomic E-state index is -0.0551. The molecule has 31 heavy (non-hydrogen) atoms. The molecule has 2 amide bonds. The molecule has 5 nitrogen and oxygen atoms in total. The first kappa shape index (κ1) is 20.7. The Kier molecular flexibility index (Phi) is 6.62. The fourth-order valence-corrected chi connectivity index (χ4v) is 3.77. The van der Waals surface area contributed by atoms with Crippen LogP contribution in [0.2, 0.25) is 0 Å². The van der Waals surface area contributed by atoms with Gasteiger partial charge in [-0.3, -0.25) is 9.59 Å². The maximum absolute atomic E-state index is 13.0. The molecule has 0 radical (unpaired) electrons. The van der Waals surface area contributed by atoms with E-state index in [1.165, 1.54) is 0 Å². The minimum absolute atomic E-state index is 0.0262. The Bertz CT molecular complexity index is 1010. The molecular formula is C26H26N2O3. The molecule has 0 aromatic heterocycles. The number of rotatable bonds is 6. The molecule has 1 aliphatic heterocycles. The third-order valence-electron chi connectivity index (χ3n) is 5.52. The van der Waals surface area contributed by atoms with Crippen molar-refractivity contribution < 1.29 is 14.3 Å². The first-order chi connectivity index (χ1) is 15.2. The van der Waals surface area contributed by atoms with E-state index in [0.29, 0.717) is 43.8 Å². The first-order valence-corrected chi connectivity index (χ1v) is 10.6. The van der Waals surface area contributed by atoms with Gasteiger partial charge in [-0.1, -0.05) is 54.6 Å². The number of hydrogen-bond acceptors (Lipinski definition) is 3. The first-order valence-electron chi connectivity index (χ1n) is 10.6. The summed E-state index contributed by atoms with van der Waals surface area (Å²) < 4.78 is 5.84. The van der Waals surface area contributed by atoms with Crippen LogP contribution < -0.4 is 10.1 Å². The molecule has 0 bridgehead atoms. The predicted octanol–water partition coefficient (Wildman–Crippen LogP) is 4.65. The van der Waals surface area contributed by atoms with Gasteiger partial charge in [0.15, 0.2) is 0 Å². The third kappa shape index (κ3) is 5.51. The lowest BCUT2D eigenvalue weighted by atomic mass is 9.95. The summed E-state index contributed by atoms with van der Waals surface area (Å²) in [5.41, 5.74) is 1.68. The van der Waals surface area contributed by atoms with E-state index in [4.69, 9.17) is 4.74 Å². The molecule has 1 N–H and O–H groups in total. The topological polar surface area (TPSA) is 58.6 Å². The van der Waals surface area contributed by atoms with E-state index < -0.39 is 0 Å². The van der Waals surface area contributed by atoms with Gasteiger partial charge in [-0.05, 0) is 48.7 Å². The van der Waals surface area contributed by atoms with Crippen molar-refractivity contribution in [1.29, 1.82) is 0 Å². The van der Waals surface area contributed by atoms with Gasteiger partial charge in [0.1, 0.15) is 11.5 Å². The number of likely N-dealkylation sites (tertiary alicyclic amines) is 1. The Hall–Kier alpha value is -3.60. The van der Waals surface area contributed by atoms with E-state index in [1.807, 2.05) is 77.7 Å². The summed E-state index contributed by atoms with van der Waals surface area (Å²) in [4.78, 5) is 27.3. The van der Waals surface area contributed by atoms with E-state index in [0.717, 1.165) is 11.3 Å². The Balaban J connectivity index is 1.30. The molecule has 1 aliphatic rings. The van der Waals surface area contributed by atoms with Gasteiger partial charge in [-0.2, -0.15) is 0 Å². The molecule has 0 unspecified atom stereocenters. The third-order valence-corrected chi connectivity index (χ3v) is 5.52. The van der Waals surface area contributed by atoms with Crippen LogP contribution in [0.3, 0.4) is 0 Å². The van der Waals surface area contributed by atoms with Crippen molar-refractivity contribution in [2.75, 3.05) is 13.1 Å². The number of hydrogen-bond donors (Lipinski definition) is 1. The molecule has 0 atom stereocenters. The lowest BCUT2D eigenvalue weighted by Gasteiger charge is -2.31. The Labute approximate surface area is 182 Å². The minimum Gasteiger partial charge on any atom is -0.457 e. The van der Waals surface area contributed by atoms with Gasteiger partial charge in [0.05, 0.1) is 0 Å². The van der Waals surface area contributed by atoms with Crippen LogP contribution in [0.5, 0.6) is 11.5 Å². The van der Waals surface area contributed by atoms with Gasteiger partial charge in [0, 0.05) is 31.1 Å². The summed E-state index contributed by atoms with van der Waals surface area (Å²) in [6, 6.07) is 26.6. The number of carbonyl (C=O) groups excluding carboxylic acids is 2. The number of amides is 2. The molecule has 3 aromatic rings. The number of carbonyl (C=O) groups is 2. The number of para-hydroxylation sites is 1. The van der Waals surface area contributed by atoms with Crippen molar-refractivity contribution in [3.63, 3.8) is 0 Å². The molecule has 1 fully saturated rings. The summed E-state index contributed by atoms with van der Waals surface area (Å²) in [6.45, 7) is 1.69. The monoisotopic (exact) mass is 414 g/mol. The maximum Gasteiger partial charge on any atom is 0.253 e. The zero-order valence-corrected chi connectivity index (χ0v) is 17.4. The second-order valence-electron chi connectivity index (χ2n) is 7.71. The summed E-state index contributed by atoms with van der Waals surface area (Å²) in [7, 11) is 0. The van der Waals surface area contributed by atoms with Crippen LogP contribution >= 0.6 is 0 Å². The Morgan fingerprint density at radius 1 is 0.839 bits per heavy atom.